The number of nitrogens with one attached hydrogen (secondary N) is 2. The van der Waals surface area contributed by atoms with E-state index in [2.05, 4.69) is 46.6 Å². The van der Waals surface area contributed by atoms with Gasteiger partial charge in [-0.3, -0.25) is 4.99 Å². The molecule has 2 N–H and O–H groups in total. The monoisotopic (exact) mass is 350 g/mol. The SMILES string of the molecule is CCCCNC(=NC)NCc1cccc(OCCN(C)CCOC)c1. The Bertz CT molecular complexity index is 494. The van der Waals surface area contributed by atoms with Crippen LogP contribution in [0.15, 0.2) is 29.3 Å². The zero-order valence-electron chi connectivity index (χ0n) is 16.2. The lowest BCUT2D eigenvalue weighted by Crippen LogP contribution is -2.37. The Labute approximate surface area is 152 Å². The number of benzene rings is 1. The number of hydrogen-bond acceptors (Lipinski definition) is 4. The van der Waals surface area contributed by atoms with E-state index in [4.69, 9.17) is 9.47 Å². The highest BCUT2D eigenvalue weighted by Crippen LogP contribution is 2.13. The standard InChI is InChI=1S/C19H34N4O2/c1-5-6-10-21-19(20-2)22-16-17-8-7-9-18(15-17)25-14-12-23(3)11-13-24-4/h7-9,15H,5-6,10-14,16H2,1-4H3,(H2,20,21,22). The van der Waals surface area contributed by atoms with E-state index >= 15 is 0 Å². The van der Waals surface area contributed by atoms with Gasteiger partial charge in [-0.05, 0) is 31.2 Å². The lowest BCUT2D eigenvalue weighted by molar-refractivity contribution is 0.150. The minimum absolute atomic E-state index is 0.664. The van der Waals surface area contributed by atoms with Gasteiger partial charge in [-0.25, -0.2) is 0 Å². The third-order valence-electron chi connectivity index (χ3n) is 3.82. The van der Waals surface area contributed by atoms with Gasteiger partial charge in [-0.15, -0.1) is 0 Å². The normalized spacial score (nSPS) is 11.6. The molecule has 0 aromatic heterocycles. The topological polar surface area (TPSA) is 58.1 Å². The summed E-state index contributed by atoms with van der Waals surface area (Å²) in [5.74, 6) is 1.73. The van der Waals surface area contributed by atoms with E-state index in [9.17, 15) is 0 Å². The van der Waals surface area contributed by atoms with Crippen molar-refractivity contribution in [2.24, 2.45) is 4.99 Å². The first kappa shape index (κ1) is 21.3. The summed E-state index contributed by atoms with van der Waals surface area (Å²) in [4.78, 5) is 6.43. The van der Waals surface area contributed by atoms with E-state index in [1.165, 1.54) is 12.0 Å². The Balaban J connectivity index is 2.36. The molecule has 1 rings (SSSR count). The van der Waals surface area contributed by atoms with Crippen molar-refractivity contribution >= 4 is 5.96 Å². The highest BCUT2D eigenvalue weighted by atomic mass is 16.5. The van der Waals surface area contributed by atoms with Crippen molar-refractivity contribution in [2.75, 3.05) is 54.1 Å². The molecule has 0 radical (unpaired) electrons. The zero-order chi connectivity index (χ0) is 18.3. The molecule has 0 fully saturated rings. The third-order valence-corrected chi connectivity index (χ3v) is 3.82. The second kappa shape index (κ2) is 13.5. The van der Waals surface area contributed by atoms with Crippen LogP contribution in [-0.2, 0) is 11.3 Å². The molecule has 6 heteroatoms. The summed E-state index contributed by atoms with van der Waals surface area (Å²) in [6.45, 7) is 7.03. The second-order valence-corrected chi connectivity index (χ2v) is 6.00. The van der Waals surface area contributed by atoms with Gasteiger partial charge in [0.2, 0.25) is 0 Å². The summed E-state index contributed by atoms with van der Waals surface area (Å²) in [5.41, 5.74) is 1.17. The highest BCUT2D eigenvalue weighted by molar-refractivity contribution is 5.79. The molecule has 0 heterocycles. The number of guanidine groups is 1. The molecule has 0 amide bonds. The lowest BCUT2D eigenvalue weighted by atomic mass is 10.2. The first-order valence-corrected chi connectivity index (χ1v) is 9.03. The molecule has 0 spiro atoms. The molecule has 0 aliphatic heterocycles. The Morgan fingerprint density at radius 2 is 2.00 bits per heavy atom. The molecule has 1 aromatic rings. The van der Waals surface area contributed by atoms with Gasteiger partial charge in [-0.1, -0.05) is 25.5 Å². The summed E-state index contributed by atoms with van der Waals surface area (Å²) >= 11 is 0. The molecule has 0 aliphatic carbocycles. The Morgan fingerprint density at radius 1 is 1.20 bits per heavy atom. The van der Waals surface area contributed by atoms with Gasteiger partial charge in [0.15, 0.2) is 5.96 Å². The van der Waals surface area contributed by atoms with Crippen molar-refractivity contribution in [3.8, 4) is 5.75 Å². The lowest BCUT2D eigenvalue weighted by Gasteiger charge is -2.16. The maximum absolute atomic E-state index is 5.85. The summed E-state index contributed by atoms with van der Waals surface area (Å²) in [6, 6.07) is 8.17. The molecule has 0 bridgehead atoms. The summed E-state index contributed by atoms with van der Waals surface area (Å²) in [5, 5.41) is 6.64. The van der Waals surface area contributed by atoms with Gasteiger partial charge in [0.25, 0.3) is 0 Å². The van der Waals surface area contributed by atoms with Crippen molar-refractivity contribution in [3.05, 3.63) is 29.8 Å². The fourth-order valence-corrected chi connectivity index (χ4v) is 2.21. The number of methoxy groups -OCH3 is 1. The quantitative estimate of drug-likeness (QED) is 0.343. The van der Waals surface area contributed by atoms with Crippen LogP contribution in [0.4, 0.5) is 0 Å². The number of rotatable bonds is 12. The Morgan fingerprint density at radius 3 is 2.72 bits per heavy atom. The number of unbranched alkanes of at least 4 members (excludes halogenated alkanes) is 1. The summed E-state index contributed by atoms with van der Waals surface area (Å²) in [6.07, 6.45) is 2.31. The van der Waals surface area contributed by atoms with E-state index in [0.29, 0.717) is 6.61 Å². The van der Waals surface area contributed by atoms with Crippen LogP contribution >= 0.6 is 0 Å². The molecule has 0 saturated carbocycles. The zero-order valence-corrected chi connectivity index (χ0v) is 16.2. The fraction of sp³-hybridized carbons (Fsp3) is 0.632. The number of aliphatic imine (C=N–C) groups is 1. The smallest absolute Gasteiger partial charge is 0.191 e. The van der Waals surface area contributed by atoms with Crippen LogP contribution in [-0.4, -0.2) is 64.9 Å². The molecule has 6 nitrogen and oxygen atoms in total. The molecule has 0 unspecified atom stereocenters. The van der Waals surface area contributed by atoms with E-state index in [0.717, 1.165) is 50.9 Å². The van der Waals surface area contributed by atoms with E-state index in [1.807, 2.05) is 12.1 Å². The van der Waals surface area contributed by atoms with Gasteiger partial charge in [0, 0.05) is 40.3 Å². The fourth-order valence-electron chi connectivity index (χ4n) is 2.21. The number of likely N-dealkylation sites (N-methyl/N-ethyl adjacent to an activating group) is 1. The first-order chi connectivity index (χ1) is 12.2. The molecular formula is C19H34N4O2. The molecular weight excluding hydrogens is 316 g/mol. The largest absolute Gasteiger partial charge is 0.492 e. The minimum Gasteiger partial charge on any atom is -0.492 e. The molecule has 142 valence electrons. The third kappa shape index (κ3) is 9.94. The second-order valence-electron chi connectivity index (χ2n) is 6.00. The van der Waals surface area contributed by atoms with Crippen LogP contribution < -0.4 is 15.4 Å². The predicted molar refractivity (Wildman–Crippen MR) is 104 cm³/mol. The Hall–Kier alpha value is -1.79. The van der Waals surface area contributed by atoms with Crippen molar-refractivity contribution in [1.29, 1.82) is 0 Å². The minimum atomic E-state index is 0.664. The van der Waals surface area contributed by atoms with E-state index in [1.54, 1.807) is 14.2 Å². The van der Waals surface area contributed by atoms with Crippen molar-refractivity contribution < 1.29 is 9.47 Å². The van der Waals surface area contributed by atoms with Crippen molar-refractivity contribution in [3.63, 3.8) is 0 Å². The molecule has 0 saturated heterocycles. The van der Waals surface area contributed by atoms with Gasteiger partial charge in [0.1, 0.15) is 12.4 Å². The van der Waals surface area contributed by atoms with Gasteiger partial charge in [0.05, 0.1) is 6.61 Å². The molecule has 0 atom stereocenters. The van der Waals surface area contributed by atoms with Crippen LogP contribution in [0.25, 0.3) is 0 Å². The van der Waals surface area contributed by atoms with Crippen molar-refractivity contribution in [1.82, 2.24) is 15.5 Å². The van der Waals surface area contributed by atoms with Crippen molar-refractivity contribution in [2.45, 2.75) is 26.3 Å². The molecule has 25 heavy (non-hydrogen) atoms. The van der Waals surface area contributed by atoms with E-state index < -0.39 is 0 Å². The maximum atomic E-state index is 5.85. The van der Waals surface area contributed by atoms with Crippen LogP contribution in [0, 0.1) is 0 Å². The predicted octanol–water partition coefficient (Wildman–Crippen LogP) is 2.11. The van der Waals surface area contributed by atoms with Crippen LogP contribution in [0.2, 0.25) is 0 Å². The molecule has 1 aromatic carbocycles. The number of nitrogens with zero attached hydrogens (tertiary/aromatic N) is 2. The van der Waals surface area contributed by atoms with Crippen LogP contribution in [0.3, 0.4) is 0 Å². The van der Waals surface area contributed by atoms with Crippen LogP contribution in [0.1, 0.15) is 25.3 Å². The molecule has 0 aliphatic rings. The number of ether oxygens (including phenoxy) is 2. The van der Waals surface area contributed by atoms with Gasteiger partial charge in [-0.2, -0.15) is 0 Å². The van der Waals surface area contributed by atoms with Crippen LogP contribution in [0.5, 0.6) is 5.75 Å². The van der Waals surface area contributed by atoms with E-state index in [-0.39, 0.29) is 0 Å². The summed E-state index contributed by atoms with van der Waals surface area (Å²) in [7, 11) is 5.58. The number of hydrogen-bond donors (Lipinski definition) is 2. The average molecular weight is 351 g/mol. The Kier molecular flexibility index (Phi) is 11.5. The maximum Gasteiger partial charge on any atom is 0.191 e. The average Bonchev–Trinajstić information content (AvgIpc) is 2.63. The van der Waals surface area contributed by atoms with Gasteiger partial charge < -0.3 is 25.0 Å². The first-order valence-electron chi connectivity index (χ1n) is 9.03. The van der Waals surface area contributed by atoms with Gasteiger partial charge >= 0.3 is 0 Å². The summed E-state index contributed by atoms with van der Waals surface area (Å²) < 4.78 is 10.9. The highest BCUT2D eigenvalue weighted by Gasteiger charge is 2.02.